The SMILES string of the molecule is CCOC(=O)C1(C(=O)OCC)NC2c3ccccc3OC(=O)[C@]2(NC(=O)c2ccccc2)[C@@H]1c1ccc2ccccc2c1. The molecule has 2 N–H and O–H groups in total. The second-order valence-electron chi connectivity index (χ2n) is 10.5. The van der Waals surface area contributed by atoms with Crippen LogP contribution in [0.4, 0.5) is 0 Å². The van der Waals surface area contributed by atoms with Crippen LogP contribution in [0.3, 0.4) is 0 Å². The van der Waals surface area contributed by atoms with Gasteiger partial charge in [0, 0.05) is 11.1 Å². The predicted octanol–water partition coefficient (Wildman–Crippen LogP) is 4.22. The third-order valence-electron chi connectivity index (χ3n) is 8.14. The Hall–Kier alpha value is -5.02. The van der Waals surface area contributed by atoms with Crippen LogP contribution in [-0.2, 0) is 23.9 Å². The van der Waals surface area contributed by atoms with Crippen LogP contribution in [0.5, 0.6) is 5.75 Å². The van der Waals surface area contributed by atoms with Crippen molar-refractivity contribution in [3.8, 4) is 5.75 Å². The Morgan fingerprint density at radius 1 is 0.814 bits per heavy atom. The van der Waals surface area contributed by atoms with Crippen LogP contribution in [0.25, 0.3) is 10.8 Å². The minimum Gasteiger partial charge on any atom is -0.464 e. The minimum absolute atomic E-state index is 0.0405. The molecule has 3 atom stereocenters. The molecule has 9 heteroatoms. The molecule has 1 amide bonds. The van der Waals surface area contributed by atoms with Crippen molar-refractivity contribution in [1.29, 1.82) is 0 Å². The number of ether oxygens (including phenoxy) is 3. The van der Waals surface area contributed by atoms with E-state index in [4.69, 9.17) is 14.2 Å². The Morgan fingerprint density at radius 2 is 1.44 bits per heavy atom. The smallest absolute Gasteiger partial charge is 0.340 e. The summed E-state index contributed by atoms with van der Waals surface area (Å²) in [6.45, 7) is 3.17. The summed E-state index contributed by atoms with van der Waals surface area (Å²) in [6, 6.07) is 27.1. The van der Waals surface area contributed by atoms with E-state index in [2.05, 4.69) is 10.6 Å². The van der Waals surface area contributed by atoms with E-state index in [1.165, 1.54) is 0 Å². The molecular weight excluding hydrogens is 548 g/mol. The highest BCUT2D eigenvalue weighted by atomic mass is 16.6. The Balaban J connectivity index is 1.68. The van der Waals surface area contributed by atoms with Crippen LogP contribution in [0.1, 0.15) is 47.3 Å². The van der Waals surface area contributed by atoms with Gasteiger partial charge in [-0.1, -0.05) is 78.9 Å². The maximum Gasteiger partial charge on any atom is 0.340 e. The molecule has 1 unspecified atom stereocenters. The highest BCUT2D eigenvalue weighted by molar-refractivity contribution is 6.11. The van der Waals surface area contributed by atoms with Crippen LogP contribution in [0.15, 0.2) is 97.1 Å². The summed E-state index contributed by atoms with van der Waals surface area (Å²) in [5, 5.41) is 7.86. The van der Waals surface area contributed by atoms with Gasteiger partial charge in [0.15, 0.2) is 5.54 Å². The highest BCUT2D eigenvalue weighted by Gasteiger charge is 2.76. The van der Waals surface area contributed by atoms with Gasteiger partial charge in [-0.15, -0.1) is 0 Å². The van der Waals surface area contributed by atoms with Crippen molar-refractivity contribution in [3.05, 3.63) is 114 Å². The second-order valence-corrected chi connectivity index (χ2v) is 10.5. The molecule has 1 saturated heterocycles. The summed E-state index contributed by atoms with van der Waals surface area (Å²) in [5.41, 5.74) is -3.02. The molecule has 4 aromatic carbocycles. The number of carbonyl (C=O) groups excluding carboxylic acids is 4. The minimum atomic E-state index is -2.24. The van der Waals surface area contributed by atoms with Crippen molar-refractivity contribution in [1.82, 2.24) is 10.6 Å². The van der Waals surface area contributed by atoms with Gasteiger partial charge in [0.1, 0.15) is 5.75 Å². The van der Waals surface area contributed by atoms with Gasteiger partial charge >= 0.3 is 17.9 Å². The monoisotopic (exact) mass is 578 g/mol. The Kier molecular flexibility index (Phi) is 7.19. The van der Waals surface area contributed by atoms with Crippen LogP contribution in [0, 0.1) is 0 Å². The molecule has 0 spiro atoms. The number of fused-ring (bicyclic) bond motifs is 4. The summed E-state index contributed by atoms with van der Waals surface area (Å²) in [4.78, 5) is 56.6. The van der Waals surface area contributed by atoms with E-state index in [0.29, 0.717) is 11.1 Å². The molecule has 218 valence electrons. The van der Waals surface area contributed by atoms with Gasteiger partial charge in [-0.3, -0.25) is 10.1 Å². The zero-order valence-electron chi connectivity index (χ0n) is 23.7. The van der Waals surface area contributed by atoms with Crippen LogP contribution < -0.4 is 15.4 Å². The topological polar surface area (TPSA) is 120 Å². The second kappa shape index (κ2) is 11.0. The molecule has 2 aliphatic heterocycles. The van der Waals surface area contributed by atoms with Crippen molar-refractivity contribution in [3.63, 3.8) is 0 Å². The van der Waals surface area contributed by atoms with Gasteiger partial charge in [-0.25, -0.2) is 14.4 Å². The highest BCUT2D eigenvalue weighted by Crippen LogP contribution is 2.56. The molecule has 2 heterocycles. The van der Waals surface area contributed by atoms with E-state index in [1.54, 1.807) is 74.5 Å². The molecule has 9 nitrogen and oxygen atoms in total. The Morgan fingerprint density at radius 3 is 2.14 bits per heavy atom. The largest absolute Gasteiger partial charge is 0.464 e. The molecular formula is C34H30N2O7. The van der Waals surface area contributed by atoms with Crippen molar-refractivity contribution in [2.24, 2.45) is 0 Å². The van der Waals surface area contributed by atoms with Crippen molar-refractivity contribution in [2.45, 2.75) is 36.9 Å². The molecule has 0 bridgehead atoms. The summed E-state index contributed by atoms with van der Waals surface area (Å²) < 4.78 is 17.0. The fourth-order valence-electron chi connectivity index (χ4n) is 6.36. The third-order valence-corrected chi connectivity index (χ3v) is 8.14. The zero-order valence-corrected chi connectivity index (χ0v) is 23.7. The average Bonchev–Trinajstić information content (AvgIpc) is 3.35. The maximum absolute atomic E-state index is 14.4. The van der Waals surface area contributed by atoms with E-state index in [0.717, 1.165) is 10.8 Å². The fourth-order valence-corrected chi connectivity index (χ4v) is 6.36. The first-order valence-electron chi connectivity index (χ1n) is 14.2. The number of para-hydroxylation sites is 1. The van der Waals surface area contributed by atoms with Gasteiger partial charge < -0.3 is 19.5 Å². The van der Waals surface area contributed by atoms with Crippen molar-refractivity contribution < 1.29 is 33.4 Å². The number of esters is 3. The molecule has 0 saturated carbocycles. The van der Waals surface area contributed by atoms with Crippen LogP contribution in [0.2, 0.25) is 0 Å². The number of nitrogens with one attached hydrogen (secondary N) is 2. The lowest BCUT2D eigenvalue weighted by Crippen LogP contribution is -2.66. The number of carbonyl (C=O) groups is 4. The normalized spacial score (nSPS) is 21.7. The van der Waals surface area contributed by atoms with E-state index >= 15 is 0 Å². The van der Waals surface area contributed by atoms with Gasteiger partial charge in [0.25, 0.3) is 5.91 Å². The first-order chi connectivity index (χ1) is 20.9. The lowest BCUT2D eigenvalue weighted by atomic mass is 9.67. The maximum atomic E-state index is 14.4. The Bertz CT molecular complexity index is 1720. The molecule has 2 aliphatic rings. The fraction of sp³-hybridized carbons (Fsp3) is 0.235. The third kappa shape index (κ3) is 4.35. The van der Waals surface area contributed by atoms with E-state index in [1.807, 2.05) is 36.4 Å². The van der Waals surface area contributed by atoms with Gasteiger partial charge in [-0.05, 0) is 48.4 Å². The lowest BCUT2D eigenvalue weighted by molar-refractivity contribution is -0.167. The molecule has 0 aromatic heterocycles. The predicted molar refractivity (Wildman–Crippen MR) is 157 cm³/mol. The van der Waals surface area contributed by atoms with Gasteiger partial charge in [0.2, 0.25) is 5.54 Å². The van der Waals surface area contributed by atoms with Crippen LogP contribution in [-0.4, -0.2) is 48.1 Å². The number of rotatable bonds is 7. The van der Waals surface area contributed by atoms with Crippen molar-refractivity contribution in [2.75, 3.05) is 13.2 Å². The number of benzene rings is 4. The summed E-state index contributed by atoms with van der Waals surface area (Å²) in [7, 11) is 0. The molecule has 43 heavy (non-hydrogen) atoms. The number of amides is 1. The zero-order chi connectivity index (χ0) is 30.2. The average molecular weight is 579 g/mol. The summed E-state index contributed by atoms with van der Waals surface area (Å²) in [6.07, 6.45) is 0. The lowest BCUT2D eigenvalue weighted by Gasteiger charge is -2.42. The summed E-state index contributed by atoms with van der Waals surface area (Å²) >= 11 is 0. The molecule has 4 aromatic rings. The van der Waals surface area contributed by atoms with Crippen molar-refractivity contribution >= 4 is 34.6 Å². The summed E-state index contributed by atoms with van der Waals surface area (Å²) in [5.74, 6) is -4.38. The van der Waals surface area contributed by atoms with Gasteiger partial charge in [-0.2, -0.15) is 0 Å². The quantitative estimate of drug-likeness (QED) is 0.190. The van der Waals surface area contributed by atoms with E-state index < -0.39 is 46.9 Å². The first kappa shape index (κ1) is 28.1. The molecule has 6 rings (SSSR count). The first-order valence-corrected chi connectivity index (χ1v) is 14.2. The van der Waals surface area contributed by atoms with Crippen LogP contribution >= 0.6 is 0 Å². The number of hydrogen-bond donors (Lipinski definition) is 2. The van der Waals surface area contributed by atoms with E-state index in [-0.39, 0.29) is 24.5 Å². The van der Waals surface area contributed by atoms with Gasteiger partial charge in [0.05, 0.1) is 25.2 Å². The standard InChI is InChI=1S/C34H30N2O7/c1-3-41-30(38)34(31(39)42-4-2)27(24-19-18-21-12-8-9-15-23(21)20-24)33(36-29(37)22-13-6-5-7-14-22)28(35-34)25-16-10-11-17-26(25)43-32(33)40/h5-20,27-28,35H,3-4H2,1-2H3,(H,36,37)/t27-,28?,33-/m0/s1. The number of hydrogen-bond acceptors (Lipinski definition) is 8. The molecule has 1 fully saturated rings. The molecule has 0 radical (unpaired) electrons. The molecule has 0 aliphatic carbocycles. The van der Waals surface area contributed by atoms with E-state index in [9.17, 15) is 19.2 Å². The Labute approximate surface area is 248 Å².